The first-order valence-corrected chi connectivity index (χ1v) is 13.9. The first-order chi connectivity index (χ1) is 20.9. The fourth-order valence-electron chi connectivity index (χ4n) is 4.15. The molecule has 2 amide bonds. The van der Waals surface area contributed by atoms with Gasteiger partial charge < -0.3 is 31.9 Å². The molecule has 43 heavy (non-hydrogen) atoms. The van der Waals surface area contributed by atoms with Gasteiger partial charge in [0.15, 0.2) is 0 Å². The van der Waals surface area contributed by atoms with Crippen LogP contribution in [0.25, 0.3) is 11.1 Å². The number of amides is 2. The Bertz CT molecular complexity index is 1530. The van der Waals surface area contributed by atoms with Crippen molar-refractivity contribution in [3.05, 3.63) is 71.8 Å². The van der Waals surface area contributed by atoms with Crippen molar-refractivity contribution in [3.8, 4) is 11.1 Å². The third-order valence-corrected chi connectivity index (χ3v) is 6.28. The molecule has 0 unspecified atom stereocenters. The Hall–Kier alpha value is -5.40. The number of hydrogen-bond donors (Lipinski definition) is 6. The lowest BCUT2D eigenvalue weighted by Gasteiger charge is -2.14. The van der Waals surface area contributed by atoms with Crippen LogP contribution in [-0.4, -0.2) is 67.9 Å². The number of carbonyl (C=O) groups is 2. The van der Waals surface area contributed by atoms with E-state index in [9.17, 15) is 9.59 Å². The van der Waals surface area contributed by atoms with E-state index in [2.05, 4.69) is 93.0 Å². The van der Waals surface area contributed by atoms with Crippen LogP contribution in [0.3, 0.4) is 0 Å². The van der Waals surface area contributed by atoms with Gasteiger partial charge in [0.2, 0.25) is 35.6 Å². The third-order valence-electron chi connectivity index (χ3n) is 6.28. The SMILES string of the molecule is CC(=O)NCCNc1ncnc(NCc2cccc(-c3cccc(CNc4ncnc(NCCNC(C)=O)n4)c3C)c2)n1. The first-order valence-electron chi connectivity index (χ1n) is 13.9. The quantitative estimate of drug-likeness (QED) is 0.112. The molecule has 0 saturated heterocycles. The van der Waals surface area contributed by atoms with Crippen LogP contribution in [0.4, 0.5) is 23.8 Å². The summed E-state index contributed by atoms with van der Waals surface area (Å²) in [7, 11) is 0. The van der Waals surface area contributed by atoms with Crippen LogP contribution in [0.2, 0.25) is 0 Å². The van der Waals surface area contributed by atoms with Crippen LogP contribution in [0, 0.1) is 6.92 Å². The molecule has 14 heteroatoms. The predicted octanol–water partition coefficient (Wildman–Crippen LogP) is 2.35. The molecule has 2 heterocycles. The number of nitrogens with zero attached hydrogens (tertiary/aromatic N) is 6. The van der Waals surface area contributed by atoms with Crippen LogP contribution < -0.4 is 31.9 Å². The van der Waals surface area contributed by atoms with E-state index >= 15 is 0 Å². The molecule has 0 saturated carbocycles. The topological polar surface area (TPSA) is 184 Å². The molecule has 0 aliphatic heterocycles. The average Bonchev–Trinajstić information content (AvgIpc) is 3.00. The van der Waals surface area contributed by atoms with Gasteiger partial charge in [-0.25, -0.2) is 19.9 Å². The van der Waals surface area contributed by atoms with Gasteiger partial charge in [-0.3, -0.25) is 9.59 Å². The molecular weight excluding hydrogens is 548 g/mol. The Kier molecular flexibility index (Phi) is 11.1. The lowest BCUT2D eigenvalue weighted by molar-refractivity contribution is -0.119. The maximum absolute atomic E-state index is 11.0. The molecule has 0 spiro atoms. The molecule has 2 aromatic heterocycles. The van der Waals surface area contributed by atoms with Crippen molar-refractivity contribution < 1.29 is 9.59 Å². The van der Waals surface area contributed by atoms with Gasteiger partial charge in [-0.2, -0.15) is 9.97 Å². The summed E-state index contributed by atoms with van der Waals surface area (Å²) in [5.41, 5.74) is 5.56. The Morgan fingerprint density at radius 1 is 0.651 bits per heavy atom. The largest absolute Gasteiger partial charge is 0.355 e. The monoisotopic (exact) mass is 584 g/mol. The van der Waals surface area contributed by atoms with Gasteiger partial charge >= 0.3 is 0 Å². The van der Waals surface area contributed by atoms with Gasteiger partial charge in [-0.15, -0.1) is 0 Å². The second-order valence-electron chi connectivity index (χ2n) is 9.58. The molecule has 14 nitrogen and oxygen atoms in total. The second kappa shape index (κ2) is 15.6. The van der Waals surface area contributed by atoms with Crippen molar-refractivity contribution in [3.63, 3.8) is 0 Å². The number of carbonyl (C=O) groups excluding carboxylic acids is 2. The summed E-state index contributed by atoms with van der Waals surface area (Å²) < 4.78 is 0. The van der Waals surface area contributed by atoms with E-state index in [1.165, 1.54) is 26.5 Å². The van der Waals surface area contributed by atoms with Gasteiger partial charge in [0.1, 0.15) is 12.7 Å². The van der Waals surface area contributed by atoms with E-state index in [1.807, 2.05) is 18.2 Å². The van der Waals surface area contributed by atoms with Crippen molar-refractivity contribution in [1.29, 1.82) is 0 Å². The average molecular weight is 585 g/mol. The second-order valence-corrected chi connectivity index (χ2v) is 9.58. The zero-order valence-corrected chi connectivity index (χ0v) is 24.4. The molecule has 224 valence electrons. The van der Waals surface area contributed by atoms with E-state index in [0.29, 0.717) is 63.1 Å². The van der Waals surface area contributed by atoms with E-state index in [4.69, 9.17) is 0 Å². The number of aromatic nitrogens is 6. The zero-order valence-electron chi connectivity index (χ0n) is 24.4. The zero-order chi connectivity index (χ0) is 30.4. The summed E-state index contributed by atoms with van der Waals surface area (Å²) in [6.45, 7) is 8.09. The van der Waals surface area contributed by atoms with E-state index in [-0.39, 0.29) is 11.8 Å². The highest BCUT2D eigenvalue weighted by Gasteiger charge is 2.09. The van der Waals surface area contributed by atoms with Crippen molar-refractivity contribution in [2.24, 2.45) is 0 Å². The molecule has 0 aliphatic carbocycles. The Balaban J connectivity index is 1.35. The normalized spacial score (nSPS) is 10.5. The molecular formula is C29H36N12O2. The van der Waals surface area contributed by atoms with Gasteiger partial charge in [0.25, 0.3) is 0 Å². The minimum absolute atomic E-state index is 0.0832. The summed E-state index contributed by atoms with van der Waals surface area (Å²) >= 11 is 0. The third kappa shape index (κ3) is 9.88. The lowest BCUT2D eigenvalue weighted by atomic mass is 9.95. The van der Waals surface area contributed by atoms with Gasteiger partial charge in [-0.05, 0) is 40.8 Å². The molecule has 6 N–H and O–H groups in total. The van der Waals surface area contributed by atoms with Crippen LogP contribution in [0.5, 0.6) is 0 Å². The number of nitrogens with one attached hydrogen (secondary N) is 6. The minimum atomic E-state index is -0.0834. The molecule has 4 rings (SSSR count). The molecule has 0 bridgehead atoms. The molecule has 2 aromatic carbocycles. The molecule has 0 fully saturated rings. The van der Waals surface area contributed by atoms with Crippen LogP contribution in [0.1, 0.15) is 30.5 Å². The van der Waals surface area contributed by atoms with Gasteiger partial charge in [-0.1, -0.05) is 36.4 Å². The fourth-order valence-corrected chi connectivity index (χ4v) is 4.15. The summed E-state index contributed by atoms with van der Waals surface area (Å²) in [4.78, 5) is 47.5. The maximum atomic E-state index is 11.0. The van der Waals surface area contributed by atoms with Crippen LogP contribution in [0.15, 0.2) is 55.1 Å². The maximum Gasteiger partial charge on any atom is 0.227 e. The van der Waals surface area contributed by atoms with Crippen LogP contribution >= 0.6 is 0 Å². The predicted molar refractivity (Wildman–Crippen MR) is 165 cm³/mol. The summed E-state index contributed by atoms with van der Waals surface area (Å²) in [6, 6.07) is 14.5. The van der Waals surface area contributed by atoms with Crippen molar-refractivity contribution in [2.45, 2.75) is 33.9 Å². The highest BCUT2D eigenvalue weighted by Crippen LogP contribution is 2.27. The number of benzene rings is 2. The van der Waals surface area contributed by atoms with Crippen molar-refractivity contribution in [1.82, 2.24) is 40.5 Å². The van der Waals surface area contributed by atoms with E-state index in [0.717, 1.165) is 27.8 Å². The lowest BCUT2D eigenvalue weighted by Crippen LogP contribution is -2.26. The van der Waals surface area contributed by atoms with Gasteiger partial charge in [0, 0.05) is 53.1 Å². The van der Waals surface area contributed by atoms with Crippen molar-refractivity contribution >= 4 is 35.6 Å². The Morgan fingerprint density at radius 2 is 1.19 bits per heavy atom. The molecule has 0 aliphatic rings. The van der Waals surface area contributed by atoms with Crippen molar-refractivity contribution in [2.75, 3.05) is 47.4 Å². The highest BCUT2D eigenvalue weighted by atomic mass is 16.2. The minimum Gasteiger partial charge on any atom is -0.355 e. The summed E-state index contributed by atoms with van der Waals surface area (Å²) in [5.74, 6) is 1.62. The number of hydrogen-bond acceptors (Lipinski definition) is 12. The Morgan fingerprint density at radius 3 is 1.77 bits per heavy atom. The first kappa shape index (κ1) is 30.6. The smallest absolute Gasteiger partial charge is 0.227 e. The summed E-state index contributed by atoms with van der Waals surface area (Å²) in [5, 5.41) is 18.1. The van der Waals surface area contributed by atoms with Crippen LogP contribution in [-0.2, 0) is 22.7 Å². The van der Waals surface area contributed by atoms with E-state index in [1.54, 1.807) is 0 Å². The van der Waals surface area contributed by atoms with E-state index < -0.39 is 0 Å². The Labute approximate surface area is 250 Å². The number of rotatable bonds is 15. The van der Waals surface area contributed by atoms with Gasteiger partial charge in [0.05, 0.1) is 0 Å². The standard InChI is InChI=1S/C29H36N12O2/c1-19-24(16-35-29-39-18-37-27(41-29)33-13-11-31-21(3)43)8-5-9-25(19)23-7-4-6-22(14-23)15-34-28-38-17-36-26(40-28)32-12-10-30-20(2)42/h4-9,14,17-18H,10-13,15-16H2,1-3H3,(H,30,42)(H,31,43)(H2,32,34,36,38,40)(H2,33,35,37,39,41). The highest BCUT2D eigenvalue weighted by molar-refractivity contribution is 5.73. The summed E-state index contributed by atoms with van der Waals surface area (Å²) in [6.07, 6.45) is 2.89. The molecule has 0 radical (unpaired) electrons. The molecule has 4 aromatic rings. The molecule has 0 atom stereocenters. The fraction of sp³-hybridized carbons (Fsp3) is 0.310. The number of anilines is 4.